The molecule has 106 valence electrons. The number of H-pyrrole nitrogens is 1. The van der Waals surface area contributed by atoms with E-state index < -0.39 is 11.8 Å². The monoisotopic (exact) mass is 296 g/mol. The molecule has 0 fully saturated rings. The number of aryl methyl sites for hydroxylation is 1. The number of halogens is 2. The molecule has 0 atom stereocenters. The molecule has 0 unspecified atom stereocenters. The van der Waals surface area contributed by atoms with Gasteiger partial charge in [-0.25, -0.2) is 9.18 Å². The summed E-state index contributed by atoms with van der Waals surface area (Å²) in [6, 6.07) is 5.59. The van der Waals surface area contributed by atoms with Gasteiger partial charge in [-0.05, 0) is 24.6 Å². The zero-order chi connectivity index (χ0) is 14.5. The second-order valence-electron chi connectivity index (χ2n) is 4.34. The molecule has 1 aromatic heterocycles. The van der Waals surface area contributed by atoms with Crippen molar-refractivity contribution in [1.82, 2.24) is 10.2 Å². The molecule has 0 saturated carbocycles. The van der Waals surface area contributed by atoms with Crippen molar-refractivity contribution in [3.05, 3.63) is 52.1 Å². The lowest BCUT2D eigenvalue weighted by Gasteiger charge is -2.05. The molecule has 1 heterocycles. The van der Waals surface area contributed by atoms with Crippen molar-refractivity contribution < 1.29 is 13.9 Å². The number of benzene rings is 1. The highest BCUT2D eigenvalue weighted by Gasteiger charge is 2.13. The van der Waals surface area contributed by atoms with E-state index in [-0.39, 0.29) is 17.3 Å². The number of esters is 1. The number of hydrogen-bond acceptors (Lipinski definition) is 3. The summed E-state index contributed by atoms with van der Waals surface area (Å²) in [5.41, 5.74) is 1.66. The number of rotatable bonds is 5. The van der Waals surface area contributed by atoms with Gasteiger partial charge in [-0.15, -0.1) is 0 Å². The molecule has 0 aliphatic carbocycles. The van der Waals surface area contributed by atoms with E-state index >= 15 is 0 Å². The van der Waals surface area contributed by atoms with Crippen LogP contribution in [0.4, 0.5) is 4.39 Å². The van der Waals surface area contributed by atoms with E-state index in [2.05, 4.69) is 10.2 Å². The van der Waals surface area contributed by atoms with E-state index in [9.17, 15) is 9.18 Å². The Morgan fingerprint density at radius 2 is 2.25 bits per heavy atom. The first-order valence-corrected chi connectivity index (χ1v) is 6.63. The van der Waals surface area contributed by atoms with Crippen molar-refractivity contribution in [2.24, 2.45) is 0 Å². The lowest BCUT2D eigenvalue weighted by molar-refractivity contribution is 0.0466. The van der Waals surface area contributed by atoms with Crippen molar-refractivity contribution in [2.45, 2.75) is 26.4 Å². The average Bonchev–Trinajstić information content (AvgIpc) is 2.86. The molecular formula is C14H14ClFN2O2. The van der Waals surface area contributed by atoms with E-state index in [1.807, 2.05) is 6.92 Å². The first-order chi connectivity index (χ1) is 9.60. The molecule has 0 amide bonds. The Kier molecular flexibility index (Phi) is 4.74. The normalized spacial score (nSPS) is 10.6. The minimum Gasteiger partial charge on any atom is -0.456 e. The number of carbonyl (C=O) groups excluding carboxylic acids is 1. The Morgan fingerprint density at radius 1 is 1.45 bits per heavy atom. The summed E-state index contributed by atoms with van der Waals surface area (Å²) in [5.74, 6) is -0.967. The Morgan fingerprint density at radius 3 is 2.95 bits per heavy atom. The third-order valence-electron chi connectivity index (χ3n) is 2.73. The first-order valence-electron chi connectivity index (χ1n) is 6.25. The summed E-state index contributed by atoms with van der Waals surface area (Å²) in [7, 11) is 0. The van der Waals surface area contributed by atoms with Gasteiger partial charge in [0.1, 0.15) is 12.4 Å². The van der Waals surface area contributed by atoms with Crippen molar-refractivity contribution in [3.8, 4) is 0 Å². The summed E-state index contributed by atoms with van der Waals surface area (Å²) >= 11 is 5.85. The maximum absolute atomic E-state index is 12.9. The molecule has 0 spiro atoms. The predicted molar refractivity (Wildman–Crippen MR) is 73.1 cm³/mol. The van der Waals surface area contributed by atoms with Crippen LogP contribution >= 0.6 is 11.6 Å². The van der Waals surface area contributed by atoms with Gasteiger partial charge in [0.15, 0.2) is 5.69 Å². The summed E-state index contributed by atoms with van der Waals surface area (Å²) in [6.07, 6.45) is 1.78. The highest BCUT2D eigenvalue weighted by molar-refractivity contribution is 6.31. The van der Waals surface area contributed by atoms with Gasteiger partial charge in [-0.2, -0.15) is 5.10 Å². The molecule has 1 aromatic carbocycles. The molecule has 0 saturated heterocycles. The zero-order valence-electron chi connectivity index (χ0n) is 11.0. The van der Waals surface area contributed by atoms with Crippen LogP contribution in [-0.2, 0) is 17.8 Å². The average molecular weight is 297 g/mol. The van der Waals surface area contributed by atoms with Gasteiger partial charge in [-0.3, -0.25) is 5.10 Å². The predicted octanol–water partition coefficient (Wildman–Crippen LogP) is 3.51. The van der Waals surface area contributed by atoms with Crippen LogP contribution in [-0.4, -0.2) is 16.2 Å². The van der Waals surface area contributed by atoms with Crippen LogP contribution in [0, 0.1) is 5.82 Å². The Balaban J connectivity index is 1.97. The molecule has 0 radical (unpaired) electrons. The summed E-state index contributed by atoms with van der Waals surface area (Å²) < 4.78 is 18.0. The summed E-state index contributed by atoms with van der Waals surface area (Å²) in [6.45, 7) is 2.02. The van der Waals surface area contributed by atoms with E-state index in [0.29, 0.717) is 5.56 Å². The van der Waals surface area contributed by atoms with Gasteiger partial charge in [0.05, 0.1) is 5.02 Å². The summed E-state index contributed by atoms with van der Waals surface area (Å²) in [4.78, 5) is 11.8. The lowest BCUT2D eigenvalue weighted by atomic mass is 10.2. The molecule has 20 heavy (non-hydrogen) atoms. The molecular weight excluding hydrogens is 283 g/mol. The molecule has 0 aliphatic rings. The number of hydrogen-bond donors (Lipinski definition) is 1. The number of ether oxygens (including phenoxy) is 1. The smallest absolute Gasteiger partial charge is 0.359 e. The maximum atomic E-state index is 12.9. The van der Waals surface area contributed by atoms with E-state index in [4.69, 9.17) is 16.3 Å². The van der Waals surface area contributed by atoms with E-state index in [1.54, 1.807) is 6.07 Å². The highest BCUT2D eigenvalue weighted by Crippen LogP contribution is 2.18. The van der Waals surface area contributed by atoms with Crippen molar-refractivity contribution in [3.63, 3.8) is 0 Å². The highest BCUT2D eigenvalue weighted by atomic mass is 35.5. The fourth-order valence-electron chi connectivity index (χ4n) is 1.72. The molecule has 6 heteroatoms. The largest absolute Gasteiger partial charge is 0.456 e. The third-order valence-corrected chi connectivity index (χ3v) is 3.09. The van der Waals surface area contributed by atoms with E-state index in [1.165, 1.54) is 18.2 Å². The van der Waals surface area contributed by atoms with Gasteiger partial charge in [0.25, 0.3) is 0 Å². The fourth-order valence-corrected chi connectivity index (χ4v) is 1.94. The standard InChI is InChI=1S/C14H14ClFN2O2/c1-2-3-11-7-13(18-17-11)14(19)20-8-9-4-5-10(16)6-12(9)15/h4-7H,2-3,8H2,1H3,(H,17,18). The minimum atomic E-state index is -0.538. The van der Waals surface area contributed by atoms with Gasteiger partial charge in [0.2, 0.25) is 0 Å². The molecule has 0 bridgehead atoms. The van der Waals surface area contributed by atoms with Gasteiger partial charge < -0.3 is 4.74 Å². The quantitative estimate of drug-likeness (QED) is 0.859. The van der Waals surface area contributed by atoms with Crippen LogP contribution in [0.3, 0.4) is 0 Å². The van der Waals surface area contributed by atoms with Crippen LogP contribution in [0.25, 0.3) is 0 Å². The Labute approximate surface area is 120 Å². The van der Waals surface area contributed by atoms with Crippen LogP contribution in [0.1, 0.15) is 35.1 Å². The number of aromatic nitrogens is 2. The molecule has 4 nitrogen and oxygen atoms in total. The van der Waals surface area contributed by atoms with Crippen LogP contribution in [0.15, 0.2) is 24.3 Å². The van der Waals surface area contributed by atoms with Crippen molar-refractivity contribution in [1.29, 1.82) is 0 Å². The summed E-state index contributed by atoms with van der Waals surface area (Å²) in [5, 5.41) is 6.90. The topological polar surface area (TPSA) is 55.0 Å². The van der Waals surface area contributed by atoms with Crippen LogP contribution in [0.5, 0.6) is 0 Å². The first kappa shape index (κ1) is 14.5. The molecule has 1 N–H and O–H groups in total. The molecule has 2 rings (SSSR count). The Hall–Kier alpha value is -1.88. The second-order valence-corrected chi connectivity index (χ2v) is 4.75. The minimum absolute atomic E-state index is 0.0199. The number of nitrogens with one attached hydrogen (secondary N) is 1. The SMILES string of the molecule is CCCc1cc(C(=O)OCc2ccc(F)cc2Cl)n[nH]1. The van der Waals surface area contributed by atoms with Crippen LogP contribution < -0.4 is 0 Å². The number of carbonyl (C=O) groups is 1. The van der Waals surface area contributed by atoms with Crippen molar-refractivity contribution >= 4 is 17.6 Å². The number of nitrogens with zero attached hydrogens (tertiary/aromatic N) is 1. The second kappa shape index (κ2) is 6.52. The Bertz CT molecular complexity index is 613. The van der Waals surface area contributed by atoms with Crippen LogP contribution in [0.2, 0.25) is 5.02 Å². The van der Waals surface area contributed by atoms with Gasteiger partial charge >= 0.3 is 5.97 Å². The van der Waals surface area contributed by atoms with E-state index in [0.717, 1.165) is 18.5 Å². The third kappa shape index (κ3) is 3.57. The lowest BCUT2D eigenvalue weighted by Crippen LogP contribution is -2.06. The van der Waals surface area contributed by atoms with Crippen molar-refractivity contribution in [2.75, 3.05) is 0 Å². The molecule has 0 aliphatic heterocycles. The zero-order valence-corrected chi connectivity index (χ0v) is 11.7. The number of aromatic amines is 1. The fraction of sp³-hybridized carbons (Fsp3) is 0.286. The van der Waals surface area contributed by atoms with Gasteiger partial charge in [-0.1, -0.05) is 31.0 Å². The maximum Gasteiger partial charge on any atom is 0.359 e. The van der Waals surface area contributed by atoms with Gasteiger partial charge in [0, 0.05) is 11.3 Å². The molecule has 2 aromatic rings.